The number of nitrogens with zero attached hydrogens (tertiary/aromatic N) is 1. The lowest BCUT2D eigenvalue weighted by Crippen LogP contribution is -2.31. The van der Waals surface area contributed by atoms with Crippen LogP contribution in [0.5, 0.6) is 0 Å². The van der Waals surface area contributed by atoms with E-state index in [4.69, 9.17) is 23.2 Å². The molecule has 2 amide bonds. The Morgan fingerprint density at radius 1 is 1.00 bits per heavy atom. The molecule has 0 aliphatic rings. The maximum Gasteiger partial charge on any atom is 0.226 e. The predicted octanol–water partition coefficient (Wildman–Crippen LogP) is 4.37. The van der Waals surface area contributed by atoms with Crippen molar-refractivity contribution in [2.45, 2.75) is 19.9 Å². The monoisotopic (exact) mass is 364 g/mol. The van der Waals surface area contributed by atoms with Gasteiger partial charge in [0.05, 0.1) is 10.7 Å². The molecule has 0 aliphatic carbocycles. The van der Waals surface area contributed by atoms with Crippen molar-refractivity contribution in [3.05, 3.63) is 64.1 Å². The van der Waals surface area contributed by atoms with Crippen LogP contribution in [0.4, 0.5) is 5.69 Å². The SMILES string of the molecule is CC(=O)N(CCC(=O)Nc1ccccc1Cl)Cc1ccccc1Cl. The third-order valence-corrected chi connectivity index (χ3v) is 4.22. The van der Waals surface area contributed by atoms with Crippen molar-refractivity contribution in [2.24, 2.45) is 0 Å². The zero-order valence-corrected chi connectivity index (χ0v) is 14.8. The van der Waals surface area contributed by atoms with Gasteiger partial charge in [-0.25, -0.2) is 0 Å². The highest BCUT2D eigenvalue weighted by atomic mass is 35.5. The first-order chi connectivity index (χ1) is 11.5. The Morgan fingerprint density at radius 3 is 2.25 bits per heavy atom. The molecular formula is C18H18Cl2N2O2. The zero-order valence-electron chi connectivity index (χ0n) is 13.3. The van der Waals surface area contributed by atoms with Gasteiger partial charge in [-0.05, 0) is 23.8 Å². The van der Waals surface area contributed by atoms with E-state index in [1.807, 2.05) is 18.2 Å². The van der Waals surface area contributed by atoms with E-state index in [0.29, 0.717) is 28.8 Å². The summed E-state index contributed by atoms with van der Waals surface area (Å²) in [6, 6.07) is 14.4. The van der Waals surface area contributed by atoms with Crippen LogP contribution in [0.15, 0.2) is 48.5 Å². The number of rotatable bonds is 6. The topological polar surface area (TPSA) is 49.4 Å². The van der Waals surface area contributed by atoms with Crippen LogP contribution in [-0.4, -0.2) is 23.3 Å². The summed E-state index contributed by atoms with van der Waals surface area (Å²) in [5, 5.41) is 3.82. The molecule has 6 heteroatoms. The Kier molecular flexibility index (Phi) is 6.64. The average Bonchev–Trinajstić information content (AvgIpc) is 2.55. The van der Waals surface area contributed by atoms with Crippen molar-refractivity contribution in [1.29, 1.82) is 0 Å². The molecule has 2 aromatic carbocycles. The number of carbonyl (C=O) groups is 2. The van der Waals surface area contributed by atoms with Gasteiger partial charge in [0.2, 0.25) is 11.8 Å². The summed E-state index contributed by atoms with van der Waals surface area (Å²) in [5.74, 6) is -0.311. The quantitative estimate of drug-likeness (QED) is 0.826. The van der Waals surface area contributed by atoms with Crippen LogP contribution in [0.25, 0.3) is 0 Å². The van der Waals surface area contributed by atoms with E-state index in [0.717, 1.165) is 5.56 Å². The van der Waals surface area contributed by atoms with Crippen molar-refractivity contribution in [3.63, 3.8) is 0 Å². The van der Waals surface area contributed by atoms with Gasteiger partial charge in [-0.3, -0.25) is 9.59 Å². The Balaban J connectivity index is 1.94. The van der Waals surface area contributed by atoms with Crippen molar-refractivity contribution in [1.82, 2.24) is 4.90 Å². The predicted molar refractivity (Wildman–Crippen MR) is 97.2 cm³/mol. The summed E-state index contributed by atoms with van der Waals surface area (Å²) >= 11 is 12.1. The van der Waals surface area contributed by atoms with Crippen LogP contribution >= 0.6 is 23.2 Å². The largest absolute Gasteiger partial charge is 0.338 e. The van der Waals surface area contributed by atoms with Crippen LogP contribution in [0, 0.1) is 0 Å². The third-order valence-electron chi connectivity index (χ3n) is 3.52. The molecule has 0 heterocycles. The molecule has 0 bridgehead atoms. The summed E-state index contributed by atoms with van der Waals surface area (Å²) in [5.41, 5.74) is 1.41. The molecule has 0 atom stereocenters. The molecule has 4 nitrogen and oxygen atoms in total. The summed E-state index contributed by atoms with van der Waals surface area (Å²) in [4.78, 5) is 25.5. The summed E-state index contributed by atoms with van der Waals surface area (Å²) in [6.45, 7) is 2.15. The first kappa shape index (κ1) is 18.3. The van der Waals surface area contributed by atoms with Gasteiger partial charge < -0.3 is 10.2 Å². The molecule has 0 fully saturated rings. The van der Waals surface area contributed by atoms with Crippen LogP contribution in [0.3, 0.4) is 0 Å². The van der Waals surface area contributed by atoms with Crippen molar-refractivity contribution >= 4 is 40.7 Å². The van der Waals surface area contributed by atoms with Gasteiger partial charge in [0.15, 0.2) is 0 Å². The van der Waals surface area contributed by atoms with E-state index in [9.17, 15) is 9.59 Å². The lowest BCUT2D eigenvalue weighted by atomic mass is 10.2. The molecule has 24 heavy (non-hydrogen) atoms. The lowest BCUT2D eigenvalue weighted by molar-refractivity contribution is -0.129. The van der Waals surface area contributed by atoms with Crippen LogP contribution in [0.2, 0.25) is 10.0 Å². The van der Waals surface area contributed by atoms with Crippen molar-refractivity contribution in [3.8, 4) is 0 Å². The first-order valence-corrected chi connectivity index (χ1v) is 8.26. The minimum atomic E-state index is -0.200. The molecule has 0 spiro atoms. The molecule has 0 aliphatic heterocycles. The molecule has 126 valence electrons. The van der Waals surface area contributed by atoms with Crippen LogP contribution in [-0.2, 0) is 16.1 Å². The highest BCUT2D eigenvalue weighted by Gasteiger charge is 2.14. The smallest absolute Gasteiger partial charge is 0.226 e. The maximum absolute atomic E-state index is 12.1. The van der Waals surface area contributed by atoms with Crippen molar-refractivity contribution < 1.29 is 9.59 Å². The maximum atomic E-state index is 12.1. The molecule has 0 saturated heterocycles. The molecule has 0 aromatic heterocycles. The second-order valence-corrected chi connectivity index (χ2v) is 6.12. The Labute approximate surface area is 151 Å². The van der Waals surface area contributed by atoms with Gasteiger partial charge in [-0.2, -0.15) is 0 Å². The molecule has 2 rings (SSSR count). The van der Waals surface area contributed by atoms with Gasteiger partial charge in [0, 0.05) is 31.5 Å². The van der Waals surface area contributed by atoms with Gasteiger partial charge in [-0.15, -0.1) is 0 Å². The third kappa shape index (κ3) is 5.25. The second kappa shape index (κ2) is 8.71. The lowest BCUT2D eigenvalue weighted by Gasteiger charge is -2.21. The second-order valence-electron chi connectivity index (χ2n) is 5.31. The van der Waals surface area contributed by atoms with Gasteiger partial charge in [-0.1, -0.05) is 53.5 Å². The molecule has 2 aromatic rings. The number of para-hydroxylation sites is 1. The molecule has 0 saturated carbocycles. The standard InChI is InChI=1S/C18H18Cl2N2O2/c1-13(23)22(12-14-6-2-3-7-15(14)19)11-10-18(24)21-17-9-5-4-8-16(17)20/h2-9H,10-12H2,1H3,(H,21,24). The summed E-state index contributed by atoms with van der Waals surface area (Å²) in [7, 11) is 0. The van der Waals surface area contributed by atoms with E-state index in [1.165, 1.54) is 6.92 Å². The highest BCUT2D eigenvalue weighted by molar-refractivity contribution is 6.33. The first-order valence-electron chi connectivity index (χ1n) is 7.50. The van der Waals surface area contributed by atoms with Crippen molar-refractivity contribution in [2.75, 3.05) is 11.9 Å². The number of hydrogen-bond acceptors (Lipinski definition) is 2. The fraction of sp³-hybridized carbons (Fsp3) is 0.222. The molecule has 0 unspecified atom stereocenters. The Morgan fingerprint density at radius 2 is 1.62 bits per heavy atom. The number of carbonyl (C=O) groups excluding carboxylic acids is 2. The number of amides is 2. The molecular weight excluding hydrogens is 347 g/mol. The fourth-order valence-corrected chi connectivity index (χ4v) is 2.57. The number of anilines is 1. The van der Waals surface area contributed by atoms with E-state index in [-0.39, 0.29) is 18.2 Å². The fourth-order valence-electron chi connectivity index (χ4n) is 2.19. The molecule has 0 radical (unpaired) electrons. The Hall–Kier alpha value is -2.04. The minimum absolute atomic E-state index is 0.111. The van der Waals surface area contributed by atoms with E-state index < -0.39 is 0 Å². The number of nitrogens with one attached hydrogen (secondary N) is 1. The van der Waals surface area contributed by atoms with Gasteiger partial charge in [0.1, 0.15) is 0 Å². The normalized spacial score (nSPS) is 10.3. The van der Waals surface area contributed by atoms with E-state index >= 15 is 0 Å². The summed E-state index contributed by atoms with van der Waals surface area (Å²) < 4.78 is 0. The molecule has 1 N–H and O–H groups in total. The van der Waals surface area contributed by atoms with Gasteiger partial charge >= 0.3 is 0 Å². The van der Waals surface area contributed by atoms with E-state index in [2.05, 4.69) is 5.32 Å². The van der Waals surface area contributed by atoms with Crippen LogP contribution < -0.4 is 5.32 Å². The van der Waals surface area contributed by atoms with Gasteiger partial charge in [0.25, 0.3) is 0 Å². The Bertz CT molecular complexity index is 734. The van der Waals surface area contributed by atoms with E-state index in [1.54, 1.807) is 35.2 Å². The van der Waals surface area contributed by atoms with Crippen LogP contribution in [0.1, 0.15) is 18.9 Å². The highest BCUT2D eigenvalue weighted by Crippen LogP contribution is 2.21. The number of hydrogen-bond donors (Lipinski definition) is 1. The zero-order chi connectivity index (χ0) is 17.5. The number of benzene rings is 2. The minimum Gasteiger partial charge on any atom is -0.338 e. The number of halogens is 2. The summed E-state index contributed by atoms with van der Waals surface area (Å²) in [6.07, 6.45) is 0.176. The average molecular weight is 365 g/mol.